The Hall–Kier alpha value is -2.20. The first-order valence-corrected chi connectivity index (χ1v) is 6.66. The second-order valence-corrected chi connectivity index (χ2v) is 4.74. The van der Waals surface area contributed by atoms with Gasteiger partial charge in [0.05, 0.1) is 5.69 Å². The number of nitrogens with zero attached hydrogens (tertiary/aromatic N) is 1. The smallest absolute Gasteiger partial charge is 0.221 e. The molecule has 1 aromatic heterocycles. The second kappa shape index (κ2) is 6.82. The van der Waals surface area contributed by atoms with Crippen molar-refractivity contribution < 1.29 is 4.79 Å². The molecule has 2 rings (SSSR count). The highest BCUT2D eigenvalue weighted by Gasteiger charge is 2.05. The summed E-state index contributed by atoms with van der Waals surface area (Å²) in [5.41, 5.74) is 3.02. The van der Waals surface area contributed by atoms with Gasteiger partial charge in [0.1, 0.15) is 0 Å². The van der Waals surface area contributed by atoms with E-state index in [1.807, 2.05) is 42.5 Å². The highest BCUT2D eigenvalue weighted by Crippen LogP contribution is 2.12. The number of pyridine rings is 1. The summed E-state index contributed by atoms with van der Waals surface area (Å²) in [7, 11) is 0. The first-order chi connectivity index (χ1) is 9.65. The third-order valence-electron chi connectivity index (χ3n) is 3.02. The van der Waals surface area contributed by atoms with Gasteiger partial charge in [0, 0.05) is 31.4 Å². The summed E-state index contributed by atoms with van der Waals surface area (Å²) in [6.07, 6.45) is 1.80. The first kappa shape index (κ1) is 14.2. The Morgan fingerprint density at radius 2 is 1.95 bits per heavy atom. The molecule has 1 aromatic carbocycles. The fourth-order valence-electron chi connectivity index (χ4n) is 1.92. The van der Waals surface area contributed by atoms with Gasteiger partial charge in [0.15, 0.2) is 0 Å². The van der Waals surface area contributed by atoms with Crippen molar-refractivity contribution in [2.24, 2.45) is 0 Å². The van der Waals surface area contributed by atoms with E-state index in [1.165, 1.54) is 12.5 Å². The van der Waals surface area contributed by atoms with Gasteiger partial charge in [-0.15, -0.1) is 0 Å². The van der Waals surface area contributed by atoms with Crippen LogP contribution in [0.4, 0.5) is 5.69 Å². The maximum absolute atomic E-state index is 10.9. The molecule has 0 fully saturated rings. The number of amides is 1. The Balaban J connectivity index is 1.89. The lowest BCUT2D eigenvalue weighted by Gasteiger charge is -2.13. The van der Waals surface area contributed by atoms with Gasteiger partial charge < -0.3 is 10.6 Å². The number of rotatable bonds is 5. The van der Waals surface area contributed by atoms with E-state index in [2.05, 4.69) is 22.5 Å². The van der Waals surface area contributed by atoms with Gasteiger partial charge in [-0.05, 0) is 36.8 Å². The van der Waals surface area contributed by atoms with Crippen molar-refractivity contribution in [3.63, 3.8) is 0 Å². The molecule has 0 spiro atoms. The van der Waals surface area contributed by atoms with Crippen LogP contribution in [0.25, 0.3) is 0 Å². The molecule has 20 heavy (non-hydrogen) atoms. The largest absolute Gasteiger partial charge is 0.326 e. The van der Waals surface area contributed by atoms with Crippen LogP contribution in [-0.4, -0.2) is 10.9 Å². The number of carbonyl (C=O) groups is 1. The normalized spacial score (nSPS) is 11.9. The van der Waals surface area contributed by atoms with Crippen molar-refractivity contribution >= 4 is 11.6 Å². The summed E-state index contributed by atoms with van der Waals surface area (Å²) < 4.78 is 0. The molecule has 0 bridgehead atoms. The number of carbonyl (C=O) groups excluding carboxylic acids is 1. The molecule has 0 saturated carbocycles. The van der Waals surface area contributed by atoms with Crippen LogP contribution in [0.1, 0.15) is 31.1 Å². The number of hydrogen-bond donors (Lipinski definition) is 2. The predicted octanol–water partition coefficient (Wildman–Crippen LogP) is 2.89. The van der Waals surface area contributed by atoms with E-state index in [-0.39, 0.29) is 11.9 Å². The summed E-state index contributed by atoms with van der Waals surface area (Å²) in [6.45, 7) is 4.36. The zero-order valence-corrected chi connectivity index (χ0v) is 11.8. The minimum atomic E-state index is -0.0559. The Labute approximate surface area is 119 Å². The van der Waals surface area contributed by atoms with Crippen molar-refractivity contribution in [2.75, 3.05) is 5.32 Å². The molecule has 0 saturated heterocycles. The molecule has 1 atom stereocenters. The summed E-state index contributed by atoms with van der Waals surface area (Å²) in [5, 5.41) is 6.18. The first-order valence-electron chi connectivity index (χ1n) is 6.66. The van der Waals surface area contributed by atoms with Crippen molar-refractivity contribution in [2.45, 2.75) is 26.4 Å². The fraction of sp³-hybridized carbons (Fsp3) is 0.250. The standard InChI is InChI=1S/C16H19N3O/c1-12(16-5-3-4-10-17-16)18-11-14-6-8-15(9-7-14)19-13(2)20/h3-10,12,18H,11H2,1-2H3,(H,19,20)/t12-/m0/s1. The summed E-state index contributed by atoms with van der Waals surface area (Å²) in [4.78, 5) is 15.3. The predicted molar refractivity (Wildman–Crippen MR) is 80.2 cm³/mol. The molecule has 1 amide bonds. The molecule has 0 aliphatic heterocycles. The van der Waals surface area contributed by atoms with Crippen molar-refractivity contribution in [1.29, 1.82) is 0 Å². The molecule has 104 valence electrons. The molecule has 0 aliphatic rings. The fourth-order valence-corrected chi connectivity index (χ4v) is 1.92. The van der Waals surface area contributed by atoms with E-state index in [0.29, 0.717) is 0 Å². The van der Waals surface area contributed by atoms with Crippen LogP contribution in [0.3, 0.4) is 0 Å². The van der Waals surface area contributed by atoms with Gasteiger partial charge in [-0.2, -0.15) is 0 Å². The average Bonchev–Trinajstić information content (AvgIpc) is 2.46. The number of benzene rings is 1. The minimum Gasteiger partial charge on any atom is -0.326 e. The van der Waals surface area contributed by atoms with Gasteiger partial charge in [0.2, 0.25) is 5.91 Å². The molecular weight excluding hydrogens is 250 g/mol. The lowest BCUT2D eigenvalue weighted by molar-refractivity contribution is -0.114. The lowest BCUT2D eigenvalue weighted by atomic mass is 10.1. The maximum Gasteiger partial charge on any atom is 0.221 e. The molecule has 2 aromatic rings. The topological polar surface area (TPSA) is 54.0 Å². The third kappa shape index (κ3) is 4.17. The van der Waals surface area contributed by atoms with Crippen molar-refractivity contribution in [1.82, 2.24) is 10.3 Å². The molecule has 0 unspecified atom stereocenters. The second-order valence-electron chi connectivity index (χ2n) is 4.74. The molecule has 1 heterocycles. The van der Waals surface area contributed by atoms with Crippen molar-refractivity contribution in [3.8, 4) is 0 Å². The SMILES string of the molecule is CC(=O)Nc1ccc(CN[C@@H](C)c2ccccn2)cc1. The van der Waals surface area contributed by atoms with Crippen LogP contribution in [-0.2, 0) is 11.3 Å². The van der Waals surface area contributed by atoms with E-state index in [4.69, 9.17) is 0 Å². The minimum absolute atomic E-state index is 0.0559. The Kier molecular flexibility index (Phi) is 4.85. The summed E-state index contributed by atoms with van der Waals surface area (Å²) >= 11 is 0. The molecule has 0 aliphatic carbocycles. The van der Waals surface area contributed by atoms with E-state index >= 15 is 0 Å². The number of anilines is 1. The van der Waals surface area contributed by atoms with Crippen LogP contribution in [0.15, 0.2) is 48.7 Å². The van der Waals surface area contributed by atoms with Gasteiger partial charge in [0.25, 0.3) is 0 Å². The molecular formula is C16H19N3O. The zero-order valence-electron chi connectivity index (χ0n) is 11.8. The Morgan fingerprint density at radius 3 is 2.55 bits per heavy atom. The van der Waals surface area contributed by atoms with Gasteiger partial charge in [-0.1, -0.05) is 18.2 Å². The van der Waals surface area contributed by atoms with Gasteiger partial charge >= 0.3 is 0 Å². The Bertz CT molecular complexity index is 552. The number of aromatic nitrogens is 1. The van der Waals surface area contributed by atoms with Crippen LogP contribution in [0.2, 0.25) is 0 Å². The van der Waals surface area contributed by atoms with E-state index < -0.39 is 0 Å². The molecule has 0 radical (unpaired) electrons. The van der Waals surface area contributed by atoms with E-state index in [0.717, 1.165) is 17.9 Å². The monoisotopic (exact) mass is 269 g/mol. The maximum atomic E-state index is 10.9. The van der Waals surface area contributed by atoms with Gasteiger partial charge in [-0.3, -0.25) is 9.78 Å². The van der Waals surface area contributed by atoms with E-state index in [1.54, 1.807) is 6.20 Å². The molecule has 4 nitrogen and oxygen atoms in total. The van der Waals surface area contributed by atoms with Crippen LogP contribution >= 0.6 is 0 Å². The molecule has 2 N–H and O–H groups in total. The van der Waals surface area contributed by atoms with Crippen LogP contribution < -0.4 is 10.6 Å². The lowest BCUT2D eigenvalue weighted by Crippen LogP contribution is -2.18. The quantitative estimate of drug-likeness (QED) is 0.877. The van der Waals surface area contributed by atoms with Crippen LogP contribution in [0, 0.1) is 0 Å². The number of nitrogens with one attached hydrogen (secondary N) is 2. The van der Waals surface area contributed by atoms with E-state index in [9.17, 15) is 4.79 Å². The van der Waals surface area contributed by atoms with Crippen LogP contribution in [0.5, 0.6) is 0 Å². The Morgan fingerprint density at radius 1 is 1.20 bits per heavy atom. The van der Waals surface area contributed by atoms with Crippen molar-refractivity contribution in [3.05, 3.63) is 59.9 Å². The highest BCUT2D eigenvalue weighted by atomic mass is 16.1. The average molecular weight is 269 g/mol. The highest BCUT2D eigenvalue weighted by molar-refractivity contribution is 5.88. The third-order valence-corrected chi connectivity index (χ3v) is 3.02. The van der Waals surface area contributed by atoms with Gasteiger partial charge in [-0.25, -0.2) is 0 Å². The summed E-state index contributed by atoms with van der Waals surface area (Å²) in [6, 6.07) is 13.9. The number of hydrogen-bond acceptors (Lipinski definition) is 3. The zero-order chi connectivity index (χ0) is 14.4. The molecule has 4 heteroatoms. The summed E-state index contributed by atoms with van der Waals surface area (Å²) in [5.74, 6) is -0.0559.